The summed E-state index contributed by atoms with van der Waals surface area (Å²) in [5, 5.41) is 8.63. The van der Waals surface area contributed by atoms with Gasteiger partial charge in [-0.05, 0) is 43.9 Å². The van der Waals surface area contributed by atoms with Gasteiger partial charge in [0.05, 0.1) is 0 Å². The fourth-order valence-electron chi connectivity index (χ4n) is 3.53. The van der Waals surface area contributed by atoms with Crippen LogP contribution < -0.4 is 16.0 Å². The molecule has 0 aromatic rings. The second kappa shape index (κ2) is 5.69. The number of carbonyl (C=O) groups is 2. The van der Waals surface area contributed by atoms with Crippen molar-refractivity contribution in [3.63, 3.8) is 0 Å². The van der Waals surface area contributed by atoms with Crippen LogP contribution in [0.25, 0.3) is 0 Å². The molecular formula is C16H27N5O2. The molecule has 1 atom stereocenters. The van der Waals surface area contributed by atoms with Crippen molar-refractivity contribution in [2.45, 2.75) is 45.1 Å². The normalized spacial score (nSPS) is 30.9. The Morgan fingerprint density at radius 3 is 2.43 bits per heavy atom. The SMILES string of the molecule is CN=C(NCC1(C)CC1)N1CCC(C2(C)NC(=O)NC2=O)CC1. The molecule has 3 fully saturated rings. The van der Waals surface area contributed by atoms with E-state index < -0.39 is 5.54 Å². The van der Waals surface area contributed by atoms with Crippen LogP contribution >= 0.6 is 0 Å². The number of nitrogens with zero attached hydrogens (tertiary/aromatic N) is 2. The molecule has 23 heavy (non-hydrogen) atoms. The first-order valence-corrected chi connectivity index (χ1v) is 8.45. The zero-order chi connectivity index (χ0) is 16.7. The molecule has 128 valence electrons. The van der Waals surface area contributed by atoms with Gasteiger partial charge in [-0.3, -0.25) is 15.1 Å². The summed E-state index contributed by atoms with van der Waals surface area (Å²) in [6.45, 7) is 6.78. The van der Waals surface area contributed by atoms with Gasteiger partial charge in [-0.25, -0.2) is 4.79 Å². The molecule has 0 bridgehead atoms. The third-order valence-electron chi connectivity index (χ3n) is 5.67. The highest BCUT2D eigenvalue weighted by molar-refractivity contribution is 6.07. The third kappa shape index (κ3) is 3.14. The molecule has 2 heterocycles. The second-order valence-electron chi connectivity index (χ2n) is 7.58. The summed E-state index contributed by atoms with van der Waals surface area (Å²) in [6, 6.07) is -0.380. The molecule has 0 radical (unpaired) electrons. The number of guanidine groups is 1. The van der Waals surface area contributed by atoms with Crippen LogP contribution in [0.15, 0.2) is 4.99 Å². The van der Waals surface area contributed by atoms with Gasteiger partial charge in [-0.1, -0.05) is 6.92 Å². The Bertz CT molecular complexity index is 535. The van der Waals surface area contributed by atoms with Gasteiger partial charge >= 0.3 is 6.03 Å². The minimum absolute atomic E-state index is 0.157. The van der Waals surface area contributed by atoms with Crippen LogP contribution in [0.4, 0.5) is 4.79 Å². The van der Waals surface area contributed by atoms with Gasteiger partial charge < -0.3 is 15.5 Å². The quantitative estimate of drug-likeness (QED) is 0.405. The van der Waals surface area contributed by atoms with Crippen LogP contribution in [0.5, 0.6) is 0 Å². The number of piperidine rings is 1. The van der Waals surface area contributed by atoms with Crippen molar-refractivity contribution in [3.8, 4) is 0 Å². The predicted octanol–water partition coefficient (Wildman–Crippen LogP) is 0.672. The van der Waals surface area contributed by atoms with Crippen LogP contribution in [0.2, 0.25) is 0 Å². The van der Waals surface area contributed by atoms with Crippen LogP contribution in [-0.4, -0.2) is 55.0 Å². The van der Waals surface area contributed by atoms with Crippen LogP contribution in [0, 0.1) is 11.3 Å². The van der Waals surface area contributed by atoms with Crippen molar-refractivity contribution in [2.75, 3.05) is 26.7 Å². The van der Waals surface area contributed by atoms with Crippen molar-refractivity contribution in [2.24, 2.45) is 16.3 Å². The Morgan fingerprint density at radius 1 is 1.30 bits per heavy atom. The molecule has 1 unspecified atom stereocenters. The number of amides is 3. The van der Waals surface area contributed by atoms with Gasteiger partial charge in [0.25, 0.3) is 5.91 Å². The highest BCUT2D eigenvalue weighted by Crippen LogP contribution is 2.44. The Balaban J connectivity index is 1.55. The second-order valence-corrected chi connectivity index (χ2v) is 7.58. The Hall–Kier alpha value is -1.79. The van der Waals surface area contributed by atoms with E-state index in [-0.39, 0.29) is 17.9 Å². The number of rotatable bonds is 3. The Morgan fingerprint density at radius 2 is 1.96 bits per heavy atom. The molecular weight excluding hydrogens is 294 g/mol. The van der Waals surface area contributed by atoms with Crippen molar-refractivity contribution in [1.29, 1.82) is 0 Å². The van der Waals surface area contributed by atoms with Crippen LogP contribution in [0.3, 0.4) is 0 Å². The van der Waals surface area contributed by atoms with Crippen molar-refractivity contribution in [1.82, 2.24) is 20.9 Å². The smallest absolute Gasteiger partial charge is 0.322 e. The van der Waals surface area contributed by atoms with E-state index in [4.69, 9.17) is 0 Å². The number of nitrogens with one attached hydrogen (secondary N) is 3. The lowest BCUT2D eigenvalue weighted by molar-refractivity contribution is -0.125. The maximum absolute atomic E-state index is 12.1. The molecule has 0 spiro atoms. The Labute approximate surface area is 137 Å². The number of carbonyl (C=O) groups excluding carboxylic acids is 2. The van der Waals surface area contributed by atoms with Crippen molar-refractivity contribution >= 4 is 17.9 Å². The monoisotopic (exact) mass is 321 g/mol. The number of hydrogen-bond acceptors (Lipinski definition) is 3. The number of imide groups is 1. The van der Waals surface area contributed by atoms with E-state index in [9.17, 15) is 9.59 Å². The Kier molecular flexibility index (Phi) is 3.98. The van der Waals surface area contributed by atoms with Gasteiger partial charge in [0, 0.05) is 26.7 Å². The van der Waals surface area contributed by atoms with Gasteiger partial charge in [-0.2, -0.15) is 0 Å². The molecule has 7 heteroatoms. The van der Waals surface area contributed by atoms with E-state index in [1.54, 1.807) is 0 Å². The summed E-state index contributed by atoms with van der Waals surface area (Å²) < 4.78 is 0. The van der Waals surface area contributed by atoms with E-state index in [0.29, 0.717) is 5.41 Å². The molecule has 2 aliphatic heterocycles. The maximum atomic E-state index is 12.1. The topological polar surface area (TPSA) is 85.8 Å². The van der Waals surface area contributed by atoms with E-state index in [2.05, 4.69) is 32.8 Å². The van der Waals surface area contributed by atoms with Gasteiger partial charge in [0.1, 0.15) is 5.54 Å². The minimum atomic E-state index is -0.776. The fourth-order valence-corrected chi connectivity index (χ4v) is 3.53. The van der Waals surface area contributed by atoms with E-state index >= 15 is 0 Å². The van der Waals surface area contributed by atoms with Gasteiger partial charge in [0.15, 0.2) is 5.96 Å². The number of likely N-dealkylation sites (tertiary alicyclic amines) is 1. The van der Waals surface area contributed by atoms with Gasteiger partial charge in [-0.15, -0.1) is 0 Å². The summed E-state index contributed by atoms with van der Waals surface area (Å²) in [6.07, 6.45) is 4.29. The highest BCUT2D eigenvalue weighted by Gasteiger charge is 2.48. The lowest BCUT2D eigenvalue weighted by Crippen LogP contribution is -2.55. The average Bonchev–Trinajstić information content (AvgIpc) is 3.19. The molecule has 2 saturated heterocycles. The lowest BCUT2D eigenvalue weighted by Gasteiger charge is -2.39. The molecule has 0 aromatic heterocycles. The summed E-state index contributed by atoms with van der Waals surface area (Å²) in [5.74, 6) is 0.899. The van der Waals surface area contributed by atoms with E-state index in [1.165, 1.54) is 12.8 Å². The van der Waals surface area contributed by atoms with Crippen molar-refractivity contribution < 1.29 is 9.59 Å². The molecule has 3 rings (SSSR count). The lowest BCUT2D eigenvalue weighted by atomic mass is 9.79. The summed E-state index contributed by atoms with van der Waals surface area (Å²) >= 11 is 0. The van der Waals surface area contributed by atoms with E-state index in [0.717, 1.165) is 38.4 Å². The third-order valence-corrected chi connectivity index (χ3v) is 5.67. The molecule has 1 saturated carbocycles. The van der Waals surface area contributed by atoms with Crippen molar-refractivity contribution in [3.05, 3.63) is 0 Å². The van der Waals surface area contributed by atoms with E-state index in [1.807, 2.05) is 14.0 Å². The molecule has 7 nitrogen and oxygen atoms in total. The van der Waals surface area contributed by atoms with Crippen LogP contribution in [-0.2, 0) is 4.79 Å². The zero-order valence-corrected chi connectivity index (χ0v) is 14.2. The number of urea groups is 1. The average molecular weight is 321 g/mol. The summed E-state index contributed by atoms with van der Waals surface area (Å²) in [5.41, 5.74) is -0.338. The zero-order valence-electron chi connectivity index (χ0n) is 14.2. The van der Waals surface area contributed by atoms with Crippen LogP contribution in [0.1, 0.15) is 39.5 Å². The predicted molar refractivity (Wildman–Crippen MR) is 88.1 cm³/mol. The first-order valence-electron chi connectivity index (χ1n) is 8.45. The molecule has 3 amide bonds. The maximum Gasteiger partial charge on any atom is 0.322 e. The first kappa shape index (κ1) is 16.1. The standard InChI is InChI=1S/C16H27N5O2/c1-15(6-7-15)10-18-13(17-3)21-8-4-11(5-9-21)16(2)12(22)19-14(23)20-16/h11H,4-10H2,1-3H3,(H,17,18)(H2,19,20,22,23). The summed E-state index contributed by atoms with van der Waals surface area (Å²) in [4.78, 5) is 30.1. The molecule has 0 aromatic carbocycles. The molecule has 3 N–H and O–H groups in total. The van der Waals surface area contributed by atoms with Gasteiger partial charge in [0.2, 0.25) is 0 Å². The number of aliphatic imine (C=N–C) groups is 1. The first-order chi connectivity index (χ1) is 10.9. The molecule has 1 aliphatic carbocycles. The highest BCUT2D eigenvalue weighted by atomic mass is 16.2. The largest absolute Gasteiger partial charge is 0.356 e. The minimum Gasteiger partial charge on any atom is -0.356 e. The fraction of sp³-hybridized carbons (Fsp3) is 0.812. The number of hydrogen-bond donors (Lipinski definition) is 3. The summed E-state index contributed by atoms with van der Waals surface area (Å²) in [7, 11) is 1.82. The molecule has 3 aliphatic rings.